The van der Waals surface area contributed by atoms with Crippen LogP contribution in [0.25, 0.3) is 0 Å². The summed E-state index contributed by atoms with van der Waals surface area (Å²) in [5, 5.41) is 8.71. The van der Waals surface area contributed by atoms with E-state index < -0.39 is 0 Å². The maximum Gasteiger partial charge on any atom is 0.354 e. The maximum atomic E-state index is 11.3. The van der Waals surface area contributed by atoms with E-state index in [4.69, 9.17) is 5.11 Å². The van der Waals surface area contributed by atoms with Crippen LogP contribution in [0.15, 0.2) is 12.1 Å². The Labute approximate surface area is 83.1 Å². The van der Waals surface area contributed by atoms with E-state index in [1.807, 2.05) is 17.6 Å². The first-order valence-corrected chi connectivity index (χ1v) is 4.56. The number of aromatic nitrogens is 1. The van der Waals surface area contributed by atoms with Gasteiger partial charge in [0.05, 0.1) is 7.11 Å². The summed E-state index contributed by atoms with van der Waals surface area (Å²) >= 11 is 0. The zero-order valence-corrected chi connectivity index (χ0v) is 8.49. The third-order valence-electron chi connectivity index (χ3n) is 2.13. The van der Waals surface area contributed by atoms with Crippen LogP contribution in [0.3, 0.4) is 0 Å². The lowest BCUT2D eigenvalue weighted by molar-refractivity contribution is 0.0587. The highest BCUT2D eigenvalue weighted by molar-refractivity contribution is 5.87. The smallest absolute Gasteiger partial charge is 0.354 e. The van der Waals surface area contributed by atoms with Crippen molar-refractivity contribution in [3.8, 4) is 0 Å². The number of aliphatic hydroxyl groups excluding tert-OH is 1. The van der Waals surface area contributed by atoms with Gasteiger partial charge in [-0.25, -0.2) is 4.79 Å². The number of ether oxygens (including phenoxy) is 1. The summed E-state index contributed by atoms with van der Waals surface area (Å²) in [6, 6.07) is 3.60. The number of rotatable bonds is 4. The SMILES string of the molecule is COC(=O)c1ccc(C)n1CCCO. The Balaban J connectivity index is 2.88. The molecule has 0 atom stereocenters. The molecule has 0 aliphatic carbocycles. The lowest BCUT2D eigenvalue weighted by Crippen LogP contribution is -2.12. The van der Waals surface area contributed by atoms with E-state index >= 15 is 0 Å². The molecule has 1 aromatic rings. The van der Waals surface area contributed by atoms with Crippen molar-refractivity contribution >= 4 is 5.97 Å². The van der Waals surface area contributed by atoms with Crippen LogP contribution in [-0.2, 0) is 11.3 Å². The number of hydrogen-bond donors (Lipinski definition) is 1. The van der Waals surface area contributed by atoms with E-state index in [1.54, 1.807) is 6.07 Å². The molecule has 0 amide bonds. The molecule has 0 radical (unpaired) electrons. The van der Waals surface area contributed by atoms with Crippen LogP contribution < -0.4 is 0 Å². The molecule has 14 heavy (non-hydrogen) atoms. The summed E-state index contributed by atoms with van der Waals surface area (Å²) in [6.45, 7) is 2.68. The molecule has 4 heteroatoms. The number of nitrogens with zero attached hydrogens (tertiary/aromatic N) is 1. The number of carbonyl (C=O) groups excluding carboxylic acids is 1. The van der Waals surface area contributed by atoms with Gasteiger partial charge >= 0.3 is 5.97 Å². The lowest BCUT2D eigenvalue weighted by Gasteiger charge is -2.08. The van der Waals surface area contributed by atoms with E-state index in [0.29, 0.717) is 18.7 Å². The van der Waals surface area contributed by atoms with Crippen molar-refractivity contribution in [2.24, 2.45) is 0 Å². The molecule has 0 unspecified atom stereocenters. The lowest BCUT2D eigenvalue weighted by atomic mass is 10.4. The Hall–Kier alpha value is -1.29. The first-order valence-electron chi connectivity index (χ1n) is 4.56. The summed E-state index contributed by atoms with van der Waals surface area (Å²) in [7, 11) is 1.36. The Morgan fingerprint density at radius 1 is 1.57 bits per heavy atom. The van der Waals surface area contributed by atoms with E-state index in [-0.39, 0.29) is 12.6 Å². The molecule has 1 N–H and O–H groups in total. The zero-order chi connectivity index (χ0) is 10.6. The van der Waals surface area contributed by atoms with Crippen molar-refractivity contribution in [2.75, 3.05) is 13.7 Å². The van der Waals surface area contributed by atoms with Gasteiger partial charge in [0.15, 0.2) is 0 Å². The van der Waals surface area contributed by atoms with E-state index in [9.17, 15) is 4.79 Å². The van der Waals surface area contributed by atoms with Gasteiger partial charge in [0.2, 0.25) is 0 Å². The second-order valence-corrected chi connectivity index (χ2v) is 3.08. The third-order valence-corrected chi connectivity index (χ3v) is 2.13. The predicted octanol–water partition coefficient (Wildman–Crippen LogP) is 0.966. The second kappa shape index (κ2) is 4.81. The monoisotopic (exact) mass is 197 g/mol. The molecular formula is C10H15NO3. The molecule has 0 bridgehead atoms. The van der Waals surface area contributed by atoms with Crippen LogP contribution in [0.2, 0.25) is 0 Å². The van der Waals surface area contributed by atoms with E-state index in [2.05, 4.69) is 4.74 Å². The van der Waals surface area contributed by atoms with Gasteiger partial charge in [-0.3, -0.25) is 0 Å². The Kier molecular flexibility index (Phi) is 3.71. The van der Waals surface area contributed by atoms with Crippen LogP contribution in [0.4, 0.5) is 0 Å². The molecule has 1 rings (SSSR count). The Morgan fingerprint density at radius 2 is 2.29 bits per heavy atom. The van der Waals surface area contributed by atoms with Gasteiger partial charge in [0.25, 0.3) is 0 Å². The first-order chi connectivity index (χ1) is 6.70. The molecule has 0 aliphatic rings. The molecule has 4 nitrogen and oxygen atoms in total. The van der Waals surface area contributed by atoms with Gasteiger partial charge in [-0.15, -0.1) is 0 Å². The van der Waals surface area contributed by atoms with Crippen LogP contribution in [0, 0.1) is 6.92 Å². The number of methoxy groups -OCH3 is 1. The normalized spacial score (nSPS) is 10.2. The van der Waals surface area contributed by atoms with Crippen molar-refractivity contribution in [1.29, 1.82) is 0 Å². The van der Waals surface area contributed by atoms with Crippen LogP contribution >= 0.6 is 0 Å². The predicted molar refractivity (Wildman–Crippen MR) is 52.2 cm³/mol. The number of esters is 1. The average Bonchev–Trinajstić information content (AvgIpc) is 2.56. The molecular weight excluding hydrogens is 182 g/mol. The van der Waals surface area contributed by atoms with Crippen LogP contribution in [0.1, 0.15) is 22.6 Å². The largest absolute Gasteiger partial charge is 0.464 e. The van der Waals surface area contributed by atoms with Crippen molar-refractivity contribution in [3.05, 3.63) is 23.5 Å². The molecule has 0 fully saturated rings. The van der Waals surface area contributed by atoms with Crippen molar-refractivity contribution in [2.45, 2.75) is 19.9 Å². The number of carbonyl (C=O) groups is 1. The summed E-state index contributed by atoms with van der Waals surface area (Å²) in [5.41, 5.74) is 1.54. The van der Waals surface area contributed by atoms with Gasteiger partial charge in [-0.05, 0) is 25.5 Å². The number of aryl methyl sites for hydroxylation is 1. The Bertz CT molecular complexity index is 317. The highest BCUT2D eigenvalue weighted by Crippen LogP contribution is 2.10. The van der Waals surface area contributed by atoms with Crippen LogP contribution in [0.5, 0.6) is 0 Å². The number of hydrogen-bond acceptors (Lipinski definition) is 3. The van der Waals surface area contributed by atoms with Crippen molar-refractivity contribution in [3.63, 3.8) is 0 Å². The van der Waals surface area contributed by atoms with Gasteiger partial charge in [-0.2, -0.15) is 0 Å². The summed E-state index contributed by atoms with van der Waals surface area (Å²) < 4.78 is 6.50. The molecule has 0 saturated carbocycles. The standard InChI is InChI=1S/C10H15NO3/c1-8-4-5-9(10(13)14-2)11(8)6-3-7-12/h4-5,12H,3,6-7H2,1-2H3. The third kappa shape index (κ3) is 2.14. The Morgan fingerprint density at radius 3 is 2.86 bits per heavy atom. The molecule has 0 aromatic carbocycles. The maximum absolute atomic E-state index is 11.3. The molecule has 78 valence electrons. The van der Waals surface area contributed by atoms with E-state index in [0.717, 1.165) is 5.69 Å². The summed E-state index contributed by atoms with van der Waals surface area (Å²) in [6.07, 6.45) is 0.638. The molecule has 1 heterocycles. The van der Waals surface area contributed by atoms with Crippen molar-refractivity contribution in [1.82, 2.24) is 4.57 Å². The van der Waals surface area contributed by atoms with Gasteiger partial charge < -0.3 is 14.4 Å². The van der Waals surface area contributed by atoms with Crippen LogP contribution in [-0.4, -0.2) is 29.4 Å². The molecule has 1 aromatic heterocycles. The fraction of sp³-hybridized carbons (Fsp3) is 0.500. The zero-order valence-electron chi connectivity index (χ0n) is 8.49. The van der Waals surface area contributed by atoms with Gasteiger partial charge in [0.1, 0.15) is 5.69 Å². The summed E-state index contributed by atoms with van der Waals surface area (Å²) in [5.74, 6) is -0.337. The highest BCUT2D eigenvalue weighted by atomic mass is 16.5. The van der Waals surface area contributed by atoms with Crippen molar-refractivity contribution < 1.29 is 14.6 Å². The summed E-state index contributed by atoms with van der Waals surface area (Å²) in [4.78, 5) is 11.3. The average molecular weight is 197 g/mol. The minimum Gasteiger partial charge on any atom is -0.464 e. The molecule has 0 saturated heterocycles. The highest BCUT2D eigenvalue weighted by Gasteiger charge is 2.12. The van der Waals surface area contributed by atoms with Gasteiger partial charge in [0, 0.05) is 18.8 Å². The first kappa shape index (κ1) is 10.8. The van der Waals surface area contributed by atoms with Gasteiger partial charge in [-0.1, -0.05) is 0 Å². The molecule has 0 aliphatic heterocycles. The van der Waals surface area contributed by atoms with E-state index in [1.165, 1.54) is 7.11 Å². The fourth-order valence-corrected chi connectivity index (χ4v) is 1.38. The number of aliphatic hydroxyl groups is 1. The minimum atomic E-state index is -0.337. The quantitative estimate of drug-likeness (QED) is 0.731. The molecule has 0 spiro atoms. The second-order valence-electron chi connectivity index (χ2n) is 3.08. The fourth-order valence-electron chi connectivity index (χ4n) is 1.38. The minimum absolute atomic E-state index is 0.123. The topological polar surface area (TPSA) is 51.5 Å².